The number of likely N-dealkylation sites (N-methyl/N-ethyl adjacent to an activating group) is 1. The lowest BCUT2D eigenvalue weighted by atomic mass is 10.1. The highest BCUT2D eigenvalue weighted by molar-refractivity contribution is 5.75. The molecule has 0 bridgehead atoms. The Morgan fingerprint density at radius 1 is 1.47 bits per heavy atom. The van der Waals surface area contributed by atoms with Crippen LogP contribution in [0.4, 0.5) is 0 Å². The Morgan fingerprint density at radius 2 is 2.18 bits per heavy atom. The zero-order chi connectivity index (χ0) is 12.8. The number of carboxylic acid groups (broad SMARTS) is 1. The largest absolute Gasteiger partial charge is 0.508 e. The minimum absolute atomic E-state index is 0.0950. The van der Waals surface area contributed by atoms with Crippen LogP contribution in [0, 0.1) is 0 Å². The second-order valence-electron chi connectivity index (χ2n) is 4.17. The van der Waals surface area contributed by atoms with Crippen molar-refractivity contribution in [1.82, 2.24) is 4.90 Å². The molecule has 2 N–H and O–H groups in total. The quantitative estimate of drug-likeness (QED) is 0.796. The van der Waals surface area contributed by atoms with Gasteiger partial charge in [-0.05, 0) is 37.7 Å². The van der Waals surface area contributed by atoms with Gasteiger partial charge in [0.15, 0.2) is 0 Å². The normalized spacial score (nSPS) is 12.6. The summed E-state index contributed by atoms with van der Waals surface area (Å²) in [4.78, 5) is 13.1. The number of nitrogens with zero attached hydrogens (tertiary/aromatic N) is 1. The number of unbranched alkanes of at least 4 members (excludes halogenated alkanes) is 1. The molecule has 0 saturated heterocycles. The summed E-state index contributed by atoms with van der Waals surface area (Å²) >= 11 is 0. The molecule has 1 aromatic rings. The van der Waals surface area contributed by atoms with Gasteiger partial charge < -0.3 is 10.2 Å². The van der Waals surface area contributed by atoms with Crippen molar-refractivity contribution < 1.29 is 15.0 Å². The number of carboxylic acids is 1. The average molecular weight is 237 g/mol. The molecule has 0 fully saturated rings. The molecular formula is C13H19NO3. The molecule has 0 aliphatic carbocycles. The van der Waals surface area contributed by atoms with Gasteiger partial charge in [0.2, 0.25) is 0 Å². The Balaban J connectivity index is 2.89. The minimum atomic E-state index is -0.894. The second kappa shape index (κ2) is 6.25. The van der Waals surface area contributed by atoms with Crippen LogP contribution in [0.25, 0.3) is 0 Å². The maximum Gasteiger partial charge on any atom is 0.325 e. The summed E-state index contributed by atoms with van der Waals surface area (Å²) in [5, 5.41) is 18.7. The van der Waals surface area contributed by atoms with E-state index in [4.69, 9.17) is 0 Å². The first kappa shape index (κ1) is 13.5. The third-order valence-electron chi connectivity index (χ3n) is 2.73. The van der Waals surface area contributed by atoms with Gasteiger partial charge in [0, 0.05) is 0 Å². The van der Waals surface area contributed by atoms with Crippen LogP contribution in [0.2, 0.25) is 0 Å². The summed E-state index contributed by atoms with van der Waals surface area (Å²) in [6, 6.07) is 5.72. The van der Waals surface area contributed by atoms with Crippen molar-refractivity contribution >= 4 is 5.97 Å². The monoisotopic (exact) mass is 237 g/mol. The highest BCUT2D eigenvalue weighted by Crippen LogP contribution is 2.23. The van der Waals surface area contributed by atoms with Crippen molar-refractivity contribution in [3.8, 4) is 5.75 Å². The number of aliphatic carboxylic acids is 1. The third kappa shape index (κ3) is 3.75. The minimum Gasteiger partial charge on any atom is -0.508 e. The zero-order valence-electron chi connectivity index (χ0n) is 10.3. The van der Waals surface area contributed by atoms with Crippen molar-refractivity contribution in [1.29, 1.82) is 0 Å². The maximum absolute atomic E-state index is 11.3. The Labute approximate surface area is 101 Å². The smallest absolute Gasteiger partial charge is 0.325 e. The zero-order valence-corrected chi connectivity index (χ0v) is 10.3. The molecule has 0 radical (unpaired) electrons. The van der Waals surface area contributed by atoms with E-state index in [1.54, 1.807) is 24.1 Å². The Hall–Kier alpha value is -1.55. The fourth-order valence-corrected chi connectivity index (χ4v) is 1.82. The molecule has 0 spiro atoms. The summed E-state index contributed by atoms with van der Waals surface area (Å²) in [5.41, 5.74) is 0.608. The van der Waals surface area contributed by atoms with Crippen LogP contribution in [0.15, 0.2) is 24.3 Å². The summed E-state index contributed by atoms with van der Waals surface area (Å²) in [6.45, 7) is 2.79. The van der Waals surface area contributed by atoms with Crippen LogP contribution < -0.4 is 0 Å². The number of carbonyl (C=O) groups is 1. The van der Waals surface area contributed by atoms with Crippen molar-refractivity contribution in [2.24, 2.45) is 0 Å². The van der Waals surface area contributed by atoms with E-state index in [2.05, 4.69) is 6.92 Å². The Kier molecular flexibility index (Phi) is 4.97. The van der Waals surface area contributed by atoms with E-state index in [9.17, 15) is 15.0 Å². The van der Waals surface area contributed by atoms with E-state index in [0.717, 1.165) is 19.4 Å². The average Bonchev–Trinajstić information content (AvgIpc) is 2.26. The standard InChI is InChI=1S/C13H19NO3/c1-3-4-8-14(2)12(13(16)17)10-6-5-7-11(15)9-10/h5-7,9,12,15H,3-4,8H2,1-2H3,(H,16,17). The number of hydrogen-bond donors (Lipinski definition) is 2. The number of aromatic hydroxyl groups is 1. The van der Waals surface area contributed by atoms with Crippen molar-refractivity contribution in [3.63, 3.8) is 0 Å². The van der Waals surface area contributed by atoms with Crippen molar-refractivity contribution in [2.75, 3.05) is 13.6 Å². The van der Waals surface area contributed by atoms with E-state index >= 15 is 0 Å². The summed E-state index contributed by atoms with van der Waals surface area (Å²) in [6.07, 6.45) is 1.98. The highest BCUT2D eigenvalue weighted by Gasteiger charge is 2.24. The van der Waals surface area contributed by atoms with E-state index in [0.29, 0.717) is 5.56 Å². The van der Waals surface area contributed by atoms with E-state index in [1.807, 2.05) is 0 Å². The molecule has 1 unspecified atom stereocenters. The molecule has 0 saturated carbocycles. The molecule has 0 amide bonds. The van der Waals surface area contributed by atoms with Crippen LogP contribution in [0.3, 0.4) is 0 Å². The number of benzene rings is 1. The first-order valence-corrected chi connectivity index (χ1v) is 5.78. The first-order chi connectivity index (χ1) is 8.06. The molecule has 4 nitrogen and oxygen atoms in total. The Morgan fingerprint density at radius 3 is 2.71 bits per heavy atom. The third-order valence-corrected chi connectivity index (χ3v) is 2.73. The van der Waals surface area contributed by atoms with Crippen molar-refractivity contribution in [2.45, 2.75) is 25.8 Å². The lowest BCUT2D eigenvalue weighted by molar-refractivity contribution is -0.143. The number of phenolic OH excluding ortho intramolecular Hbond substituents is 1. The Bertz CT molecular complexity index is 379. The molecule has 4 heteroatoms. The van der Waals surface area contributed by atoms with Gasteiger partial charge >= 0.3 is 5.97 Å². The first-order valence-electron chi connectivity index (χ1n) is 5.78. The van der Waals surface area contributed by atoms with Gasteiger partial charge in [-0.15, -0.1) is 0 Å². The summed E-state index contributed by atoms with van der Waals surface area (Å²) in [7, 11) is 1.79. The lowest BCUT2D eigenvalue weighted by Gasteiger charge is -2.24. The van der Waals surface area contributed by atoms with Crippen LogP contribution in [-0.2, 0) is 4.79 Å². The fourth-order valence-electron chi connectivity index (χ4n) is 1.82. The highest BCUT2D eigenvalue weighted by atomic mass is 16.4. The van der Waals surface area contributed by atoms with Gasteiger partial charge in [-0.1, -0.05) is 25.5 Å². The maximum atomic E-state index is 11.3. The molecule has 0 heterocycles. The molecule has 1 aromatic carbocycles. The molecule has 0 aromatic heterocycles. The van der Waals surface area contributed by atoms with Crippen LogP contribution >= 0.6 is 0 Å². The fraction of sp³-hybridized carbons (Fsp3) is 0.462. The van der Waals surface area contributed by atoms with E-state index in [1.165, 1.54) is 12.1 Å². The van der Waals surface area contributed by atoms with Crippen LogP contribution in [0.5, 0.6) is 5.75 Å². The van der Waals surface area contributed by atoms with Gasteiger partial charge in [-0.3, -0.25) is 9.69 Å². The molecule has 17 heavy (non-hydrogen) atoms. The predicted molar refractivity (Wildman–Crippen MR) is 66.0 cm³/mol. The van der Waals surface area contributed by atoms with Gasteiger partial charge in [0.25, 0.3) is 0 Å². The molecule has 1 rings (SSSR count). The predicted octanol–water partition coefficient (Wildman–Crippen LogP) is 2.25. The van der Waals surface area contributed by atoms with Crippen LogP contribution in [-0.4, -0.2) is 34.7 Å². The molecular weight excluding hydrogens is 218 g/mol. The molecule has 94 valence electrons. The summed E-state index contributed by atoms with van der Waals surface area (Å²) in [5.74, 6) is -0.799. The number of phenols is 1. The van der Waals surface area contributed by atoms with Gasteiger partial charge in [-0.2, -0.15) is 0 Å². The molecule has 0 aliphatic heterocycles. The van der Waals surface area contributed by atoms with E-state index in [-0.39, 0.29) is 5.75 Å². The number of rotatable bonds is 6. The van der Waals surface area contributed by atoms with Gasteiger partial charge in [0.05, 0.1) is 0 Å². The topological polar surface area (TPSA) is 60.8 Å². The van der Waals surface area contributed by atoms with E-state index < -0.39 is 12.0 Å². The van der Waals surface area contributed by atoms with Crippen molar-refractivity contribution in [3.05, 3.63) is 29.8 Å². The van der Waals surface area contributed by atoms with Gasteiger partial charge in [-0.25, -0.2) is 0 Å². The summed E-state index contributed by atoms with van der Waals surface area (Å²) < 4.78 is 0. The molecule has 0 aliphatic rings. The van der Waals surface area contributed by atoms with Gasteiger partial charge in [0.1, 0.15) is 11.8 Å². The second-order valence-corrected chi connectivity index (χ2v) is 4.17. The lowest BCUT2D eigenvalue weighted by Crippen LogP contribution is -2.31. The molecule has 1 atom stereocenters. The number of hydrogen-bond acceptors (Lipinski definition) is 3. The SMILES string of the molecule is CCCCN(C)C(C(=O)O)c1cccc(O)c1. The van der Waals surface area contributed by atoms with Crippen LogP contribution in [0.1, 0.15) is 31.4 Å².